The van der Waals surface area contributed by atoms with Gasteiger partial charge in [0.15, 0.2) is 0 Å². The van der Waals surface area contributed by atoms with Gasteiger partial charge >= 0.3 is 0 Å². The predicted octanol–water partition coefficient (Wildman–Crippen LogP) is 4.15. The zero-order valence-electron chi connectivity index (χ0n) is 12.3. The van der Waals surface area contributed by atoms with E-state index in [1.807, 2.05) is 24.8 Å². The summed E-state index contributed by atoms with van der Waals surface area (Å²) in [5, 5.41) is 7.69. The molecule has 0 amide bonds. The molecule has 1 aromatic heterocycles. The Morgan fingerprint density at radius 2 is 2.10 bits per heavy atom. The molecule has 0 fully saturated rings. The van der Waals surface area contributed by atoms with Gasteiger partial charge in [-0.25, -0.2) is 4.39 Å². The molecule has 1 N–H and O–H groups in total. The van der Waals surface area contributed by atoms with Crippen molar-refractivity contribution < 1.29 is 4.39 Å². The molecule has 0 saturated heterocycles. The summed E-state index contributed by atoms with van der Waals surface area (Å²) in [7, 11) is 3.76. The molecule has 0 spiro atoms. The molecule has 6 heteroatoms. The summed E-state index contributed by atoms with van der Waals surface area (Å²) in [5.74, 6) is -0.210. The van der Waals surface area contributed by atoms with Gasteiger partial charge in [-0.1, -0.05) is 28.9 Å². The lowest BCUT2D eigenvalue weighted by Crippen LogP contribution is -2.22. The van der Waals surface area contributed by atoms with Gasteiger partial charge in [0.25, 0.3) is 0 Å². The average molecular weight is 419 g/mol. The second-order valence-corrected chi connectivity index (χ2v) is 6.51. The Kier molecular flexibility index (Phi) is 5.57. The topological polar surface area (TPSA) is 29.9 Å². The van der Waals surface area contributed by atoms with Crippen LogP contribution in [-0.2, 0) is 19.9 Å². The largest absolute Gasteiger partial charge is 0.313 e. The van der Waals surface area contributed by atoms with Crippen molar-refractivity contribution in [2.75, 3.05) is 7.05 Å². The number of hydrogen-bond donors (Lipinski definition) is 1. The fourth-order valence-electron chi connectivity index (χ4n) is 2.43. The third kappa shape index (κ3) is 3.38. The number of rotatable bonds is 5. The molecule has 0 aliphatic rings. The van der Waals surface area contributed by atoms with E-state index in [0.29, 0.717) is 12.0 Å². The smallest absolute Gasteiger partial charge is 0.129 e. The molecular formula is C15H18Br2FN3. The zero-order valence-corrected chi connectivity index (χ0v) is 15.4. The molecule has 0 aliphatic heterocycles. The Morgan fingerprint density at radius 1 is 1.38 bits per heavy atom. The Morgan fingerprint density at radius 3 is 2.62 bits per heavy atom. The first kappa shape index (κ1) is 16.6. The van der Waals surface area contributed by atoms with Crippen molar-refractivity contribution in [3.05, 3.63) is 49.9 Å². The van der Waals surface area contributed by atoms with E-state index in [1.165, 1.54) is 6.07 Å². The van der Waals surface area contributed by atoms with E-state index in [1.54, 1.807) is 6.07 Å². The Bertz CT molecular complexity index is 620. The number of aromatic nitrogens is 2. The van der Waals surface area contributed by atoms with E-state index < -0.39 is 0 Å². The summed E-state index contributed by atoms with van der Waals surface area (Å²) in [6, 6.07) is 4.92. The van der Waals surface area contributed by atoms with Gasteiger partial charge in [-0.2, -0.15) is 5.10 Å². The van der Waals surface area contributed by atoms with Crippen molar-refractivity contribution in [2.24, 2.45) is 7.05 Å². The zero-order chi connectivity index (χ0) is 15.6. The number of likely N-dealkylation sites (N-methyl/N-ethyl adjacent to an activating group) is 1. The van der Waals surface area contributed by atoms with Crippen LogP contribution in [0.15, 0.2) is 27.1 Å². The van der Waals surface area contributed by atoms with Crippen LogP contribution in [0.1, 0.15) is 29.9 Å². The summed E-state index contributed by atoms with van der Waals surface area (Å²) in [5.41, 5.74) is 2.72. The van der Waals surface area contributed by atoms with Crippen LogP contribution in [0, 0.1) is 5.82 Å². The lowest BCUT2D eigenvalue weighted by molar-refractivity contribution is 0.516. The standard InChI is InChI=1S/C15H18Br2FN3/c1-4-11-15(17)13(21(3)20-11)8-12(19-2)14-9(16)6-5-7-10(14)18/h5-7,12,19H,4,8H2,1-3H3. The van der Waals surface area contributed by atoms with Gasteiger partial charge in [-0.05, 0) is 41.5 Å². The molecule has 1 heterocycles. The van der Waals surface area contributed by atoms with Crippen LogP contribution >= 0.6 is 31.9 Å². The minimum atomic E-state index is -0.210. The van der Waals surface area contributed by atoms with Gasteiger partial charge < -0.3 is 5.32 Å². The number of aryl methyl sites for hydroxylation is 2. The van der Waals surface area contributed by atoms with Crippen molar-refractivity contribution in [2.45, 2.75) is 25.8 Å². The van der Waals surface area contributed by atoms with Gasteiger partial charge in [0.2, 0.25) is 0 Å². The first-order valence-electron chi connectivity index (χ1n) is 6.81. The van der Waals surface area contributed by atoms with Gasteiger partial charge in [0.1, 0.15) is 5.82 Å². The lowest BCUT2D eigenvalue weighted by atomic mass is 10.0. The fraction of sp³-hybridized carbons (Fsp3) is 0.400. The van der Waals surface area contributed by atoms with Crippen LogP contribution in [0.2, 0.25) is 0 Å². The highest BCUT2D eigenvalue weighted by molar-refractivity contribution is 9.10. The van der Waals surface area contributed by atoms with Gasteiger partial charge in [0, 0.05) is 29.5 Å². The molecule has 3 nitrogen and oxygen atoms in total. The second kappa shape index (κ2) is 7.03. The molecular weight excluding hydrogens is 401 g/mol. The van der Waals surface area contributed by atoms with Gasteiger partial charge in [-0.3, -0.25) is 4.68 Å². The van der Waals surface area contributed by atoms with Gasteiger partial charge in [-0.15, -0.1) is 0 Å². The van der Waals surface area contributed by atoms with Crippen molar-refractivity contribution >= 4 is 31.9 Å². The van der Waals surface area contributed by atoms with Crippen LogP contribution in [0.4, 0.5) is 4.39 Å². The third-order valence-corrected chi connectivity index (χ3v) is 5.20. The van der Waals surface area contributed by atoms with Crippen molar-refractivity contribution in [1.82, 2.24) is 15.1 Å². The summed E-state index contributed by atoms with van der Waals surface area (Å²) in [6.45, 7) is 2.07. The molecule has 21 heavy (non-hydrogen) atoms. The number of nitrogens with zero attached hydrogens (tertiary/aromatic N) is 2. The predicted molar refractivity (Wildman–Crippen MR) is 89.9 cm³/mol. The molecule has 0 aliphatic carbocycles. The maximum absolute atomic E-state index is 14.2. The SMILES string of the molecule is CCc1nn(C)c(CC(NC)c2c(F)cccc2Br)c1Br. The van der Waals surface area contributed by atoms with Crippen molar-refractivity contribution in [1.29, 1.82) is 0 Å². The number of halogens is 3. The first-order valence-corrected chi connectivity index (χ1v) is 8.39. The molecule has 2 rings (SSSR count). The molecule has 0 saturated carbocycles. The minimum absolute atomic E-state index is 0.128. The molecule has 1 atom stereocenters. The highest BCUT2D eigenvalue weighted by atomic mass is 79.9. The molecule has 1 unspecified atom stereocenters. The van der Waals surface area contributed by atoms with Crippen LogP contribution < -0.4 is 5.32 Å². The van der Waals surface area contributed by atoms with Crippen molar-refractivity contribution in [3.8, 4) is 0 Å². The van der Waals surface area contributed by atoms with E-state index in [0.717, 1.165) is 26.8 Å². The number of nitrogens with one attached hydrogen (secondary N) is 1. The first-order chi connectivity index (χ1) is 9.99. The summed E-state index contributed by atoms with van der Waals surface area (Å²) < 4.78 is 17.8. The molecule has 2 aromatic rings. The maximum Gasteiger partial charge on any atom is 0.129 e. The summed E-state index contributed by atoms with van der Waals surface area (Å²) in [4.78, 5) is 0. The summed E-state index contributed by atoms with van der Waals surface area (Å²) in [6.07, 6.45) is 1.52. The Labute approximate surface area is 141 Å². The Hall–Kier alpha value is -0.720. The Balaban J connectivity index is 2.38. The number of benzene rings is 1. The van der Waals surface area contributed by atoms with Crippen LogP contribution in [0.25, 0.3) is 0 Å². The van der Waals surface area contributed by atoms with Crippen molar-refractivity contribution in [3.63, 3.8) is 0 Å². The molecule has 0 radical (unpaired) electrons. The molecule has 1 aromatic carbocycles. The van der Waals surface area contributed by atoms with E-state index in [-0.39, 0.29) is 11.9 Å². The fourth-order valence-corrected chi connectivity index (χ4v) is 3.82. The van der Waals surface area contributed by atoms with E-state index in [2.05, 4.69) is 49.2 Å². The van der Waals surface area contributed by atoms with E-state index >= 15 is 0 Å². The van der Waals surface area contributed by atoms with Crippen LogP contribution in [-0.4, -0.2) is 16.8 Å². The second-order valence-electron chi connectivity index (χ2n) is 4.87. The number of hydrogen-bond acceptors (Lipinski definition) is 2. The van der Waals surface area contributed by atoms with Crippen LogP contribution in [0.3, 0.4) is 0 Å². The maximum atomic E-state index is 14.2. The van der Waals surface area contributed by atoms with E-state index in [4.69, 9.17) is 0 Å². The van der Waals surface area contributed by atoms with E-state index in [9.17, 15) is 4.39 Å². The minimum Gasteiger partial charge on any atom is -0.313 e. The lowest BCUT2D eigenvalue weighted by Gasteiger charge is -2.19. The molecule has 114 valence electrons. The highest BCUT2D eigenvalue weighted by Crippen LogP contribution is 2.31. The summed E-state index contributed by atoms with van der Waals surface area (Å²) >= 11 is 7.06. The van der Waals surface area contributed by atoms with Crippen LogP contribution in [0.5, 0.6) is 0 Å². The van der Waals surface area contributed by atoms with Gasteiger partial charge in [0.05, 0.1) is 15.9 Å². The quantitative estimate of drug-likeness (QED) is 0.790. The average Bonchev–Trinajstić information content (AvgIpc) is 2.72. The normalized spacial score (nSPS) is 12.7. The monoisotopic (exact) mass is 417 g/mol. The molecule has 0 bridgehead atoms. The highest BCUT2D eigenvalue weighted by Gasteiger charge is 2.22. The third-order valence-electron chi connectivity index (χ3n) is 3.60.